The number of hydrogen-bond acceptors (Lipinski definition) is 5. The third-order valence-electron chi connectivity index (χ3n) is 3.65. The molecule has 1 fully saturated rings. The Hall–Kier alpha value is -1.75. The van der Waals surface area contributed by atoms with Gasteiger partial charge in [-0.05, 0) is 25.0 Å². The topological polar surface area (TPSA) is 70.9 Å². The molecule has 1 aliphatic rings. The second-order valence-electron chi connectivity index (χ2n) is 5.08. The lowest BCUT2D eigenvalue weighted by Crippen LogP contribution is -2.33. The van der Waals surface area contributed by atoms with Crippen LogP contribution in [0.2, 0.25) is 0 Å². The highest BCUT2D eigenvalue weighted by Crippen LogP contribution is 2.20. The average Bonchev–Trinajstić information content (AvgIpc) is 2.64. The average molecular weight is 258 g/mol. The molecule has 1 saturated carbocycles. The van der Waals surface area contributed by atoms with Crippen LogP contribution >= 0.6 is 0 Å². The number of para-hydroxylation sites is 1. The predicted octanol–water partition coefficient (Wildman–Crippen LogP) is 2.13. The molecule has 1 heterocycles. The molecule has 1 aromatic heterocycles. The number of anilines is 1. The molecule has 0 saturated heterocycles. The fourth-order valence-corrected chi connectivity index (χ4v) is 2.56. The maximum absolute atomic E-state index is 10.1. The number of nitrogens with one attached hydrogen (secondary N) is 1. The number of benzene rings is 1. The van der Waals surface area contributed by atoms with E-state index in [1.54, 1.807) is 0 Å². The largest absolute Gasteiger partial charge is 0.391 e. The van der Waals surface area contributed by atoms with Crippen molar-refractivity contribution in [1.82, 2.24) is 15.2 Å². The van der Waals surface area contributed by atoms with E-state index < -0.39 is 0 Å². The Bertz CT molecular complexity index is 560. The molecule has 5 heteroatoms. The van der Waals surface area contributed by atoms with Gasteiger partial charge in [0.1, 0.15) is 5.52 Å². The molecule has 0 bridgehead atoms. The van der Waals surface area contributed by atoms with Crippen molar-refractivity contribution in [2.45, 2.75) is 44.2 Å². The van der Waals surface area contributed by atoms with Gasteiger partial charge < -0.3 is 10.4 Å². The second-order valence-corrected chi connectivity index (χ2v) is 5.08. The fourth-order valence-electron chi connectivity index (χ4n) is 2.56. The zero-order valence-electron chi connectivity index (χ0n) is 10.8. The molecule has 1 aliphatic carbocycles. The first kappa shape index (κ1) is 12.3. The van der Waals surface area contributed by atoms with Crippen molar-refractivity contribution < 1.29 is 5.11 Å². The SMILES string of the molecule is OC1CCCCCC1Nc1nnc2ccccc2n1. The maximum Gasteiger partial charge on any atom is 0.243 e. The van der Waals surface area contributed by atoms with Crippen LogP contribution in [0.5, 0.6) is 0 Å². The lowest BCUT2D eigenvalue weighted by atomic mass is 10.1. The number of aromatic nitrogens is 3. The summed E-state index contributed by atoms with van der Waals surface area (Å²) >= 11 is 0. The monoisotopic (exact) mass is 258 g/mol. The van der Waals surface area contributed by atoms with Gasteiger partial charge in [0, 0.05) is 0 Å². The van der Waals surface area contributed by atoms with E-state index in [-0.39, 0.29) is 12.1 Å². The van der Waals surface area contributed by atoms with E-state index in [0.29, 0.717) is 5.95 Å². The van der Waals surface area contributed by atoms with Gasteiger partial charge in [0.15, 0.2) is 0 Å². The number of fused-ring (bicyclic) bond motifs is 1. The third-order valence-corrected chi connectivity index (χ3v) is 3.65. The Kier molecular flexibility index (Phi) is 3.55. The van der Waals surface area contributed by atoms with Gasteiger partial charge in [-0.2, -0.15) is 0 Å². The van der Waals surface area contributed by atoms with Gasteiger partial charge in [0.2, 0.25) is 5.95 Å². The minimum Gasteiger partial charge on any atom is -0.391 e. The van der Waals surface area contributed by atoms with Gasteiger partial charge in [-0.15, -0.1) is 10.2 Å². The van der Waals surface area contributed by atoms with Crippen molar-refractivity contribution in [3.8, 4) is 0 Å². The van der Waals surface area contributed by atoms with E-state index in [2.05, 4.69) is 20.5 Å². The molecule has 5 nitrogen and oxygen atoms in total. The smallest absolute Gasteiger partial charge is 0.243 e. The third kappa shape index (κ3) is 2.81. The van der Waals surface area contributed by atoms with Crippen molar-refractivity contribution >= 4 is 17.0 Å². The standard InChI is InChI=1S/C14H18N4O/c19-13-9-3-1-2-8-12(13)16-14-15-10-6-4-5-7-11(10)17-18-14/h4-7,12-13,19H,1-3,8-9H2,(H,15,16,18). The van der Waals surface area contributed by atoms with E-state index in [1.165, 1.54) is 6.42 Å². The highest BCUT2D eigenvalue weighted by atomic mass is 16.3. The van der Waals surface area contributed by atoms with Crippen LogP contribution in [0, 0.1) is 0 Å². The van der Waals surface area contributed by atoms with Crippen molar-refractivity contribution in [3.05, 3.63) is 24.3 Å². The minimum atomic E-state index is -0.322. The number of aliphatic hydroxyl groups is 1. The van der Waals surface area contributed by atoms with Crippen LogP contribution in [0.15, 0.2) is 24.3 Å². The fraction of sp³-hybridized carbons (Fsp3) is 0.500. The quantitative estimate of drug-likeness (QED) is 0.807. The van der Waals surface area contributed by atoms with E-state index in [4.69, 9.17) is 0 Å². The first-order valence-electron chi connectivity index (χ1n) is 6.87. The van der Waals surface area contributed by atoms with Crippen molar-refractivity contribution in [2.24, 2.45) is 0 Å². The second kappa shape index (κ2) is 5.48. The number of aliphatic hydroxyl groups excluding tert-OH is 1. The van der Waals surface area contributed by atoms with Crippen molar-refractivity contribution in [2.75, 3.05) is 5.32 Å². The summed E-state index contributed by atoms with van der Waals surface area (Å²) in [4.78, 5) is 4.44. The molecule has 100 valence electrons. The normalized spacial score (nSPS) is 24.1. The predicted molar refractivity (Wildman–Crippen MR) is 73.8 cm³/mol. The summed E-state index contributed by atoms with van der Waals surface area (Å²) in [5, 5.41) is 21.5. The van der Waals surface area contributed by atoms with Gasteiger partial charge in [-0.1, -0.05) is 31.4 Å². The first-order valence-corrected chi connectivity index (χ1v) is 6.87. The summed E-state index contributed by atoms with van der Waals surface area (Å²) < 4.78 is 0. The molecule has 1 aromatic carbocycles. The molecule has 2 atom stereocenters. The number of hydrogen-bond donors (Lipinski definition) is 2. The Labute approximate surface area is 112 Å². The van der Waals surface area contributed by atoms with Crippen LogP contribution in [-0.4, -0.2) is 32.4 Å². The van der Waals surface area contributed by atoms with Crippen LogP contribution in [0.1, 0.15) is 32.1 Å². The molecule has 2 N–H and O–H groups in total. The van der Waals surface area contributed by atoms with Crippen LogP contribution in [0.25, 0.3) is 11.0 Å². The first-order chi connectivity index (χ1) is 9.33. The molecule has 2 unspecified atom stereocenters. The van der Waals surface area contributed by atoms with Crippen molar-refractivity contribution in [1.29, 1.82) is 0 Å². The molecule has 0 spiro atoms. The van der Waals surface area contributed by atoms with Gasteiger partial charge in [-0.3, -0.25) is 0 Å². The summed E-state index contributed by atoms with van der Waals surface area (Å²) in [5.74, 6) is 0.504. The molecule has 0 radical (unpaired) electrons. The zero-order chi connectivity index (χ0) is 13.1. The molecule has 19 heavy (non-hydrogen) atoms. The van der Waals surface area contributed by atoms with Gasteiger partial charge in [-0.25, -0.2) is 4.98 Å². The van der Waals surface area contributed by atoms with E-state index in [0.717, 1.165) is 36.7 Å². The lowest BCUT2D eigenvalue weighted by molar-refractivity contribution is 0.144. The van der Waals surface area contributed by atoms with Crippen LogP contribution in [-0.2, 0) is 0 Å². The Morgan fingerprint density at radius 3 is 2.68 bits per heavy atom. The molecular formula is C14H18N4O. The van der Waals surface area contributed by atoms with Crippen LogP contribution < -0.4 is 5.32 Å². The molecule has 0 amide bonds. The molecule has 3 rings (SSSR count). The van der Waals surface area contributed by atoms with Gasteiger partial charge >= 0.3 is 0 Å². The summed E-state index contributed by atoms with van der Waals surface area (Å²) in [6.45, 7) is 0. The minimum absolute atomic E-state index is 0.0328. The lowest BCUT2D eigenvalue weighted by Gasteiger charge is -2.21. The molecule has 0 aliphatic heterocycles. The maximum atomic E-state index is 10.1. The van der Waals surface area contributed by atoms with Crippen LogP contribution in [0.4, 0.5) is 5.95 Å². The zero-order valence-corrected chi connectivity index (χ0v) is 10.8. The highest BCUT2D eigenvalue weighted by Gasteiger charge is 2.22. The van der Waals surface area contributed by atoms with E-state index in [9.17, 15) is 5.11 Å². The van der Waals surface area contributed by atoms with Crippen LogP contribution in [0.3, 0.4) is 0 Å². The Morgan fingerprint density at radius 2 is 1.79 bits per heavy atom. The summed E-state index contributed by atoms with van der Waals surface area (Å²) in [5.41, 5.74) is 1.61. The Balaban J connectivity index is 1.80. The molecular weight excluding hydrogens is 240 g/mol. The number of rotatable bonds is 2. The van der Waals surface area contributed by atoms with Gasteiger partial charge in [0.05, 0.1) is 17.7 Å². The van der Waals surface area contributed by atoms with Gasteiger partial charge in [0.25, 0.3) is 0 Å². The Morgan fingerprint density at radius 1 is 1.00 bits per heavy atom. The number of nitrogens with zero attached hydrogens (tertiary/aromatic N) is 3. The summed E-state index contributed by atoms with van der Waals surface area (Å²) in [6, 6.07) is 7.69. The van der Waals surface area contributed by atoms with Crippen molar-refractivity contribution in [3.63, 3.8) is 0 Å². The highest BCUT2D eigenvalue weighted by molar-refractivity contribution is 5.74. The summed E-state index contributed by atoms with van der Waals surface area (Å²) in [7, 11) is 0. The van der Waals surface area contributed by atoms with E-state index >= 15 is 0 Å². The molecule has 2 aromatic rings. The summed E-state index contributed by atoms with van der Waals surface area (Å²) in [6.07, 6.45) is 4.89. The van der Waals surface area contributed by atoms with E-state index in [1.807, 2.05) is 24.3 Å².